The second-order valence-corrected chi connectivity index (χ2v) is 2.94. The number of aromatic carboxylic acids is 1. The van der Waals surface area contributed by atoms with Crippen molar-refractivity contribution in [2.24, 2.45) is 0 Å². The molecule has 18 heavy (non-hydrogen) atoms. The van der Waals surface area contributed by atoms with Gasteiger partial charge in [0, 0.05) is 0 Å². The summed E-state index contributed by atoms with van der Waals surface area (Å²) in [5.41, 5.74) is -0.0671. The Hall–Kier alpha value is -2.24. The lowest BCUT2D eigenvalue weighted by Crippen LogP contribution is -2.05. The molecule has 0 aliphatic heterocycles. The molecule has 1 aromatic carbocycles. The molecule has 0 saturated heterocycles. The zero-order valence-electron chi connectivity index (χ0n) is 10.3. The molecule has 0 amide bonds. The first kappa shape index (κ1) is 15.8. The molecule has 6 heteroatoms. The highest BCUT2D eigenvalue weighted by Crippen LogP contribution is 2.14. The van der Waals surface area contributed by atoms with E-state index in [1.165, 1.54) is 12.1 Å². The number of rotatable bonds is 3. The van der Waals surface area contributed by atoms with Crippen LogP contribution in [0.2, 0.25) is 0 Å². The van der Waals surface area contributed by atoms with Crippen molar-refractivity contribution in [3.63, 3.8) is 0 Å². The van der Waals surface area contributed by atoms with Crippen molar-refractivity contribution in [2.75, 3.05) is 13.2 Å². The van der Waals surface area contributed by atoms with Gasteiger partial charge >= 0.3 is 12.1 Å². The molecule has 0 bridgehead atoms. The van der Waals surface area contributed by atoms with Gasteiger partial charge in [0.25, 0.3) is 0 Å². The molecule has 0 spiro atoms. The van der Waals surface area contributed by atoms with Crippen LogP contribution in [0.25, 0.3) is 0 Å². The van der Waals surface area contributed by atoms with Gasteiger partial charge in [0.2, 0.25) is 0 Å². The van der Waals surface area contributed by atoms with E-state index >= 15 is 0 Å². The van der Waals surface area contributed by atoms with Crippen LogP contribution in [0.5, 0.6) is 5.75 Å². The van der Waals surface area contributed by atoms with Crippen LogP contribution in [0.4, 0.5) is 4.79 Å². The number of carbonyl (C=O) groups excluding carboxylic acids is 1. The van der Waals surface area contributed by atoms with Crippen LogP contribution < -0.4 is 0 Å². The molecule has 0 aromatic heterocycles. The fourth-order valence-electron chi connectivity index (χ4n) is 0.932. The Morgan fingerprint density at radius 2 is 1.61 bits per heavy atom. The molecule has 1 rings (SSSR count). The molecule has 0 unspecified atom stereocenters. The predicted molar refractivity (Wildman–Crippen MR) is 63.7 cm³/mol. The normalized spacial score (nSPS) is 8.78. The number of hydrogen-bond acceptors (Lipinski definition) is 5. The van der Waals surface area contributed by atoms with Crippen LogP contribution >= 0.6 is 0 Å². The topological polar surface area (TPSA) is 93.1 Å². The van der Waals surface area contributed by atoms with Gasteiger partial charge < -0.3 is 19.7 Å². The lowest BCUT2D eigenvalue weighted by molar-refractivity contribution is 0.0628. The van der Waals surface area contributed by atoms with Crippen molar-refractivity contribution in [1.82, 2.24) is 0 Å². The van der Waals surface area contributed by atoms with Crippen molar-refractivity contribution in [2.45, 2.75) is 13.8 Å². The third-order valence-corrected chi connectivity index (χ3v) is 1.66. The van der Waals surface area contributed by atoms with Crippen molar-refractivity contribution in [3.05, 3.63) is 29.8 Å². The Morgan fingerprint density at radius 3 is 1.94 bits per heavy atom. The molecule has 0 aliphatic carbocycles. The summed E-state index contributed by atoms with van der Waals surface area (Å²) in [6.45, 7) is 4.21. The Balaban J connectivity index is 0.000000331. The molecule has 0 atom stereocenters. The minimum absolute atomic E-state index is 0.0671. The summed E-state index contributed by atoms with van der Waals surface area (Å²) in [5.74, 6) is -1.31. The number of hydrogen-bond donors (Lipinski definition) is 2. The highest BCUT2D eigenvalue weighted by atomic mass is 16.7. The smallest absolute Gasteiger partial charge is 0.507 e. The maximum atomic E-state index is 10.3. The Labute approximate surface area is 105 Å². The molecule has 0 radical (unpaired) electrons. The van der Waals surface area contributed by atoms with E-state index in [4.69, 9.17) is 10.2 Å². The van der Waals surface area contributed by atoms with E-state index in [1.54, 1.807) is 26.0 Å². The van der Waals surface area contributed by atoms with E-state index in [0.29, 0.717) is 13.2 Å². The molecule has 100 valence electrons. The van der Waals surface area contributed by atoms with Gasteiger partial charge in [-0.05, 0) is 26.0 Å². The van der Waals surface area contributed by atoms with Crippen LogP contribution in [0.15, 0.2) is 24.3 Å². The van der Waals surface area contributed by atoms with E-state index < -0.39 is 12.1 Å². The maximum absolute atomic E-state index is 10.3. The summed E-state index contributed by atoms with van der Waals surface area (Å²) in [6.07, 6.45) is -0.588. The summed E-state index contributed by atoms with van der Waals surface area (Å²) in [4.78, 5) is 20.5. The SMILES string of the molecule is CCOC(=O)OCC.O=C(O)c1ccccc1O. The Morgan fingerprint density at radius 1 is 1.11 bits per heavy atom. The van der Waals surface area contributed by atoms with Gasteiger partial charge in [-0.15, -0.1) is 0 Å². The van der Waals surface area contributed by atoms with Crippen molar-refractivity contribution in [3.8, 4) is 5.75 Å². The number of phenols is 1. The lowest BCUT2D eigenvalue weighted by atomic mass is 10.2. The van der Waals surface area contributed by atoms with Crippen LogP contribution in [-0.4, -0.2) is 35.6 Å². The average Bonchev–Trinajstić information content (AvgIpc) is 2.30. The van der Waals surface area contributed by atoms with Crippen LogP contribution in [0.1, 0.15) is 24.2 Å². The number of carboxylic acid groups (broad SMARTS) is 1. The fourth-order valence-corrected chi connectivity index (χ4v) is 0.932. The monoisotopic (exact) mass is 256 g/mol. The summed E-state index contributed by atoms with van der Waals surface area (Å²) in [6, 6.07) is 5.81. The standard InChI is InChI=1S/C7H6O3.C5H10O3/c8-6-4-2-1-3-5(6)7(9)10;1-3-7-5(6)8-4-2/h1-4,8H,(H,9,10);3-4H2,1-2H3. The van der Waals surface area contributed by atoms with E-state index in [2.05, 4.69) is 9.47 Å². The van der Waals surface area contributed by atoms with Gasteiger partial charge in [-0.1, -0.05) is 12.1 Å². The number of ether oxygens (including phenoxy) is 2. The molecule has 0 saturated carbocycles. The first-order valence-electron chi connectivity index (χ1n) is 5.33. The van der Waals surface area contributed by atoms with E-state index in [-0.39, 0.29) is 11.3 Å². The molecule has 1 aromatic rings. The number of aromatic hydroxyl groups is 1. The molecular weight excluding hydrogens is 240 g/mol. The van der Waals surface area contributed by atoms with Crippen molar-refractivity contribution in [1.29, 1.82) is 0 Å². The summed E-state index contributed by atoms with van der Waals surface area (Å²) in [5, 5.41) is 17.3. The third-order valence-electron chi connectivity index (χ3n) is 1.66. The highest BCUT2D eigenvalue weighted by molar-refractivity contribution is 5.90. The van der Waals surface area contributed by atoms with Gasteiger partial charge in [0.15, 0.2) is 0 Å². The first-order chi connectivity index (χ1) is 8.52. The van der Waals surface area contributed by atoms with Crippen LogP contribution in [-0.2, 0) is 9.47 Å². The zero-order chi connectivity index (χ0) is 14.0. The Bertz CT molecular complexity index is 380. The minimum Gasteiger partial charge on any atom is -0.507 e. The third kappa shape index (κ3) is 6.37. The first-order valence-corrected chi connectivity index (χ1v) is 5.33. The van der Waals surface area contributed by atoms with Gasteiger partial charge in [0.05, 0.1) is 13.2 Å². The number of carboxylic acids is 1. The van der Waals surface area contributed by atoms with Gasteiger partial charge in [-0.2, -0.15) is 0 Å². The molecule has 2 N–H and O–H groups in total. The largest absolute Gasteiger partial charge is 0.508 e. The maximum Gasteiger partial charge on any atom is 0.508 e. The molecule has 0 heterocycles. The van der Waals surface area contributed by atoms with E-state index in [0.717, 1.165) is 0 Å². The number of para-hydroxylation sites is 1. The quantitative estimate of drug-likeness (QED) is 0.806. The average molecular weight is 256 g/mol. The molecule has 0 fully saturated rings. The summed E-state index contributed by atoms with van der Waals surface area (Å²) in [7, 11) is 0. The van der Waals surface area contributed by atoms with Gasteiger partial charge in [0.1, 0.15) is 11.3 Å². The molecule has 0 aliphatic rings. The van der Waals surface area contributed by atoms with Crippen molar-refractivity contribution >= 4 is 12.1 Å². The summed E-state index contributed by atoms with van der Waals surface area (Å²) >= 11 is 0. The Kier molecular flexibility index (Phi) is 7.76. The highest BCUT2D eigenvalue weighted by Gasteiger charge is 2.05. The van der Waals surface area contributed by atoms with Gasteiger partial charge in [-0.3, -0.25) is 0 Å². The second-order valence-electron chi connectivity index (χ2n) is 2.94. The number of benzene rings is 1. The minimum atomic E-state index is -1.11. The van der Waals surface area contributed by atoms with Gasteiger partial charge in [-0.25, -0.2) is 9.59 Å². The van der Waals surface area contributed by atoms with E-state index in [1.807, 2.05) is 0 Å². The summed E-state index contributed by atoms with van der Waals surface area (Å²) < 4.78 is 8.84. The molecular formula is C12H16O6. The second kappa shape index (κ2) is 8.86. The fraction of sp³-hybridized carbons (Fsp3) is 0.333. The van der Waals surface area contributed by atoms with Crippen LogP contribution in [0, 0.1) is 0 Å². The van der Waals surface area contributed by atoms with Crippen molar-refractivity contribution < 1.29 is 29.3 Å². The van der Waals surface area contributed by atoms with Crippen LogP contribution in [0.3, 0.4) is 0 Å². The number of carbonyl (C=O) groups is 2. The molecule has 6 nitrogen and oxygen atoms in total. The lowest BCUT2D eigenvalue weighted by Gasteiger charge is -1.98. The predicted octanol–water partition coefficient (Wildman–Crippen LogP) is 2.27. The van der Waals surface area contributed by atoms with E-state index in [9.17, 15) is 9.59 Å². The zero-order valence-corrected chi connectivity index (χ0v) is 10.3.